The molecule has 0 saturated carbocycles. The van der Waals surface area contributed by atoms with Crippen molar-refractivity contribution in [2.24, 2.45) is 0 Å². The summed E-state index contributed by atoms with van der Waals surface area (Å²) < 4.78 is 20.0. The number of para-hydroxylation sites is 7. The molecule has 0 radical (unpaired) electrons. The van der Waals surface area contributed by atoms with E-state index in [-0.39, 0.29) is 20.1 Å². The molecule has 0 saturated heterocycles. The van der Waals surface area contributed by atoms with Crippen molar-refractivity contribution in [1.82, 2.24) is 0 Å². The van der Waals surface area contributed by atoms with Gasteiger partial charge in [-0.1, -0.05) is 422 Å². The van der Waals surface area contributed by atoms with E-state index in [9.17, 15) is 0 Å². The van der Waals surface area contributed by atoms with E-state index in [4.69, 9.17) is 14.2 Å². The van der Waals surface area contributed by atoms with Crippen LogP contribution in [0.1, 0.15) is 0 Å². The molecule has 6 nitrogen and oxygen atoms in total. The molecular weight excluding hydrogens is 1820 g/mol. The van der Waals surface area contributed by atoms with Gasteiger partial charge >= 0.3 is 0 Å². The van der Waals surface area contributed by atoms with Crippen LogP contribution < -0.4 is 140 Å². The third-order valence-corrected chi connectivity index (χ3v) is 48.3. The second-order valence-electron chi connectivity index (χ2n) is 37.2. The average Bonchev–Trinajstić information content (AvgIpc) is 0.714. The number of ether oxygens (including phenoxy) is 3. The summed E-state index contributed by atoms with van der Waals surface area (Å²) in [5, 5.41) is 16.8. The van der Waals surface area contributed by atoms with E-state index in [2.05, 4.69) is 524 Å². The van der Waals surface area contributed by atoms with Crippen LogP contribution in [0, 0.1) is 0 Å². The summed E-state index contributed by atoms with van der Waals surface area (Å²) in [4.78, 5) is 15.3. The zero-order valence-corrected chi connectivity index (χ0v) is 82.0. The Kier molecular flexibility index (Phi) is 20.0. The molecule has 15 heteroatoms. The highest BCUT2D eigenvalue weighted by Crippen LogP contribution is 2.48. The van der Waals surface area contributed by atoms with Crippen LogP contribution in [-0.2, 0) is 0 Å². The molecule has 9 aliphatic rings. The molecule has 30 rings (SSSR count). The van der Waals surface area contributed by atoms with Crippen molar-refractivity contribution in [2.45, 2.75) is 29.4 Å². The zero-order chi connectivity index (χ0) is 92.9. The number of benzene rings is 21. The topological polar surface area (TPSA) is 37.4 Å². The Morgan fingerprint density at radius 3 is 0.816 bits per heavy atom. The van der Waals surface area contributed by atoms with Crippen LogP contribution in [0.25, 0.3) is 0 Å². The van der Waals surface area contributed by atoms with E-state index in [1.807, 2.05) is 35.3 Å². The molecule has 9 aliphatic heterocycles. The Bertz CT molecular complexity index is 8300. The normalized spacial score (nSPS) is 14.6. The largest absolute Gasteiger partial charge is 0.458 e. The second kappa shape index (κ2) is 33.9. The van der Waals surface area contributed by atoms with E-state index in [0.29, 0.717) is 0 Å². The van der Waals surface area contributed by atoms with Gasteiger partial charge in [0.05, 0.1) is 0 Å². The lowest BCUT2D eigenvalue weighted by molar-refractivity contribution is 0.486. The maximum atomic E-state index is 6.79. The van der Waals surface area contributed by atoms with Gasteiger partial charge in [0.25, 0.3) is 20.1 Å². The van der Waals surface area contributed by atoms with Crippen molar-refractivity contribution < 1.29 is 14.2 Å². The molecule has 0 bridgehead atoms. The maximum absolute atomic E-state index is 6.79. The summed E-state index contributed by atoms with van der Waals surface area (Å²) >= 11 is 5.55. The zero-order valence-electron chi connectivity index (χ0n) is 76.5. The predicted molar refractivity (Wildman–Crippen MR) is 600 cm³/mol. The molecule has 0 fully saturated rings. The molecule has 9 heterocycles. The van der Waals surface area contributed by atoms with Gasteiger partial charge in [-0.3, -0.25) is 0 Å². The van der Waals surface area contributed by atoms with Gasteiger partial charge in [-0.25, -0.2) is 0 Å². The lowest BCUT2D eigenvalue weighted by atomic mass is 9.35. The minimum absolute atomic E-state index is 0.0603. The second-order valence-corrected chi connectivity index (χ2v) is 51.7. The maximum Gasteiger partial charge on any atom is 0.256 e. The highest BCUT2D eigenvalue weighted by atomic mass is 32.2. The molecule has 0 atom stereocenters. The van der Waals surface area contributed by atoms with Gasteiger partial charge in [-0.2, -0.15) is 0 Å². The van der Waals surface area contributed by atoms with Gasteiger partial charge in [-0.15, -0.1) is 0 Å². The molecule has 141 heavy (non-hydrogen) atoms. The molecule has 0 N–H and O–H groups in total. The number of hydrogen-bond donors (Lipinski definition) is 0. The third-order valence-electron chi connectivity index (χ3n) is 30.2. The number of anilines is 9. The van der Waals surface area contributed by atoms with Crippen LogP contribution in [0.2, 0.25) is 0 Å². The van der Waals surface area contributed by atoms with Crippen molar-refractivity contribution in [2.75, 3.05) is 14.7 Å². The first kappa shape index (κ1) is 83.5. The van der Waals surface area contributed by atoms with Crippen LogP contribution in [0.5, 0.6) is 34.5 Å². The summed E-state index contributed by atoms with van der Waals surface area (Å²) in [5.74, 6) is 5.67. The minimum Gasteiger partial charge on any atom is -0.458 e. The highest BCUT2D eigenvalue weighted by Gasteiger charge is 2.55. The van der Waals surface area contributed by atoms with Crippen molar-refractivity contribution in [3.8, 4) is 34.5 Å². The van der Waals surface area contributed by atoms with Crippen molar-refractivity contribution >= 4 is 242 Å². The summed E-state index contributed by atoms with van der Waals surface area (Å²) in [6.45, 7) is 0.318. The minimum atomic E-state index is -2.69. The molecule has 660 valence electrons. The van der Waals surface area contributed by atoms with Crippen molar-refractivity contribution in [1.29, 1.82) is 0 Å². The Morgan fingerprint density at radius 1 is 0.163 bits per heavy atom. The SMILES string of the molecule is c1ccc([Si]2(c3ccccc3)c3ccccc3N(c3ccc4c(c3)B3c5ccccc5Sc5cccc(c53)O4)c3ccccc32)cc1.c1ccc([Si]2(c3ccccc3)c3ccccc3N(c3ccc4c(c3)Oc3cccc5c3B4c3ccccc3S5)c3ccccc32)cc1.c1ccc([Si]2(c3ccccc3)c3ccccc3N(c3cccc4c3B3c5ccccc5Oc5cccc(c53)S4)c3ccccc32)cc1. The summed E-state index contributed by atoms with van der Waals surface area (Å²) in [7, 11) is -8.01. The number of fused-ring (bicyclic) bond motifs is 18. The van der Waals surface area contributed by atoms with E-state index in [0.717, 1.165) is 45.9 Å². The van der Waals surface area contributed by atoms with Crippen LogP contribution in [-0.4, -0.2) is 44.4 Å². The van der Waals surface area contributed by atoms with Gasteiger partial charge in [-0.05, 0) is 228 Å². The summed E-state index contributed by atoms with van der Waals surface area (Å²) in [6, 6.07) is 188. The third kappa shape index (κ3) is 12.8. The Hall–Kier alpha value is -15.7. The van der Waals surface area contributed by atoms with Crippen LogP contribution >= 0.6 is 35.3 Å². The van der Waals surface area contributed by atoms with E-state index in [1.165, 1.54) is 181 Å². The highest BCUT2D eigenvalue weighted by molar-refractivity contribution is 8.00. The number of rotatable bonds is 9. The standard InChI is InChI=1S/3C42H28BNOSSi/c1-3-15-29(16-4-1)47(30-17-5-2-6-18-30)39-27-11-8-20-32(39)44(33-21-9-12-28-40(33)47)34-22-13-25-37-41(34)43-31-19-7-10-23-35(31)45-36-24-14-26-38(46-37)42(36)43;1-3-14-30(15-4-1)47(31-16-5-2-6-17-31)40-24-11-8-19-34(40)44(35-20-9-12-25-41(35)47)29-26-27-32-37(28-29)45-36-21-13-23-39-42(36)43(32)33-18-7-10-22-38(33)46-39;1-3-14-30(15-4-1)47(31-16-5-2-6-17-31)40-24-11-8-19-34(40)44(35-20-9-12-25-41(35)47)29-26-27-36-33(28-29)43-32-18-7-10-22-38(32)46-39-23-13-21-37(45-36)42(39)43/h3*1-28H. The average molecular weight is 1900 g/mol. The van der Waals surface area contributed by atoms with Crippen molar-refractivity contribution in [3.63, 3.8) is 0 Å². The van der Waals surface area contributed by atoms with Gasteiger partial charge in [0.1, 0.15) is 34.5 Å². The van der Waals surface area contributed by atoms with Crippen molar-refractivity contribution in [3.05, 3.63) is 510 Å². The number of hydrogen-bond acceptors (Lipinski definition) is 9. The fourth-order valence-electron chi connectivity index (χ4n) is 24.7. The van der Waals surface area contributed by atoms with Crippen LogP contribution in [0.4, 0.5) is 51.2 Å². The van der Waals surface area contributed by atoms with E-state index in [1.54, 1.807) is 0 Å². The molecule has 0 amide bonds. The summed E-state index contributed by atoms with van der Waals surface area (Å²) in [6.07, 6.45) is 0. The lowest BCUT2D eigenvalue weighted by Gasteiger charge is -2.46. The van der Waals surface area contributed by atoms with E-state index < -0.39 is 24.2 Å². The monoisotopic (exact) mass is 1900 g/mol. The van der Waals surface area contributed by atoms with Gasteiger partial charge < -0.3 is 28.9 Å². The Balaban J connectivity index is 0.000000104. The first-order valence-electron chi connectivity index (χ1n) is 48.4. The fraction of sp³-hybridized carbons (Fsp3) is 0. The first-order valence-corrected chi connectivity index (χ1v) is 56.9. The van der Waals surface area contributed by atoms with Gasteiger partial charge in [0.15, 0.2) is 24.2 Å². The van der Waals surface area contributed by atoms with Crippen LogP contribution in [0.15, 0.2) is 539 Å². The molecule has 0 unspecified atom stereocenters. The Morgan fingerprint density at radius 2 is 0.418 bits per heavy atom. The molecule has 21 aromatic rings. The number of nitrogens with zero attached hydrogens (tertiary/aromatic N) is 3. The Labute approximate surface area is 837 Å². The van der Waals surface area contributed by atoms with Gasteiger partial charge in [0, 0.05) is 86.6 Å². The molecule has 21 aromatic carbocycles. The van der Waals surface area contributed by atoms with Gasteiger partial charge in [0.2, 0.25) is 0 Å². The molecule has 0 spiro atoms. The quantitative estimate of drug-likeness (QED) is 0.131. The summed E-state index contributed by atoms with van der Waals surface area (Å²) in [5.41, 5.74) is 22.4. The smallest absolute Gasteiger partial charge is 0.256 e. The van der Waals surface area contributed by atoms with Crippen LogP contribution in [0.3, 0.4) is 0 Å². The molecular formula is C126H84B3N3O3S3Si3. The lowest BCUT2D eigenvalue weighted by Crippen LogP contribution is -2.77. The first-order chi connectivity index (χ1) is 70.0. The molecule has 0 aromatic heterocycles. The fourth-order valence-corrected chi connectivity index (χ4v) is 43.5. The molecule has 0 aliphatic carbocycles. The van der Waals surface area contributed by atoms with E-state index >= 15 is 0 Å². The predicted octanol–water partition coefficient (Wildman–Crippen LogP) is 17.8.